The molecule has 1 rings (SSSR count). The van der Waals surface area contributed by atoms with Gasteiger partial charge in [0.1, 0.15) is 6.61 Å². The molecule has 13 heavy (non-hydrogen) atoms. The first-order valence-electron chi connectivity index (χ1n) is 3.85. The van der Waals surface area contributed by atoms with Crippen molar-refractivity contribution in [1.82, 2.24) is 0 Å². The smallest absolute Gasteiger partial charge is 0.391 e. The molecular formula is C8H13NNaO3. The molecule has 5 heteroatoms. The third kappa shape index (κ3) is 3.29. The summed E-state index contributed by atoms with van der Waals surface area (Å²) < 4.78 is 4.90. The number of ether oxygens (including phenoxy) is 1. The molecule has 0 unspecified atom stereocenters. The zero-order valence-electron chi connectivity index (χ0n) is 8.50. The Hall–Kier alpha value is -0.0600. The molecule has 1 aliphatic heterocycles. The molecule has 0 aromatic rings. The Bertz CT molecular complexity index is 232. The molecule has 0 aromatic carbocycles. The van der Waals surface area contributed by atoms with Crippen LogP contribution >= 0.6 is 0 Å². The van der Waals surface area contributed by atoms with Crippen LogP contribution in [0.1, 0.15) is 20.8 Å². The van der Waals surface area contributed by atoms with Crippen LogP contribution in [0.15, 0.2) is 4.99 Å². The van der Waals surface area contributed by atoms with Crippen molar-refractivity contribution in [2.24, 2.45) is 10.4 Å². The summed E-state index contributed by atoms with van der Waals surface area (Å²) in [5.41, 5.74) is -0.0306. The molecule has 0 aliphatic carbocycles. The minimum absolute atomic E-state index is 0. The first-order valence-corrected chi connectivity index (χ1v) is 3.85. The number of carbonyl (C=O) groups is 1. The number of hydrogen-bond acceptors (Lipinski definition) is 3. The molecule has 69 valence electrons. The van der Waals surface area contributed by atoms with Crippen LogP contribution in [0.25, 0.3) is 0 Å². The van der Waals surface area contributed by atoms with Crippen molar-refractivity contribution in [3.63, 3.8) is 0 Å². The van der Waals surface area contributed by atoms with Gasteiger partial charge < -0.3 is 9.84 Å². The molecular weight excluding hydrogens is 181 g/mol. The van der Waals surface area contributed by atoms with Gasteiger partial charge in [0.2, 0.25) is 0 Å². The zero-order chi connectivity index (χ0) is 9.35. The second-order valence-electron chi connectivity index (χ2n) is 3.93. The van der Waals surface area contributed by atoms with Crippen LogP contribution in [0.5, 0.6) is 0 Å². The quantitative estimate of drug-likeness (QED) is 0.619. The molecule has 1 radical (unpaired) electrons. The summed E-state index contributed by atoms with van der Waals surface area (Å²) in [6, 6.07) is -0.0383. The van der Waals surface area contributed by atoms with E-state index in [9.17, 15) is 4.79 Å². The van der Waals surface area contributed by atoms with Crippen LogP contribution < -0.4 is 0 Å². The molecule has 0 spiro atoms. The Balaban J connectivity index is 0.00000144. The summed E-state index contributed by atoms with van der Waals surface area (Å²) in [5.74, 6) is -1.24. The minimum Gasteiger partial charge on any atom is -0.474 e. The van der Waals surface area contributed by atoms with Gasteiger partial charge in [-0.15, -0.1) is 0 Å². The van der Waals surface area contributed by atoms with Crippen LogP contribution in [0, 0.1) is 5.41 Å². The number of rotatable bonds is 1. The summed E-state index contributed by atoms with van der Waals surface area (Å²) in [6.45, 7) is 6.41. The maximum atomic E-state index is 10.4. The maximum absolute atomic E-state index is 10.4. The minimum atomic E-state index is -1.08. The number of hydrogen-bond donors (Lipinski definition) is 1. The van der Waals surface area contributed by atoms with Crippen molar-refractivity contribution in [2.45, 2.75) is 26.8 Å². The van der Waals surface area contributed by atoms with Crippen LogP contribution in [0.2, 0.25) is 0 Å². The van der Waals surface area contributed by atoms with Gasteiger partial charge in [-0.3, -0.25) is 0 Å². The predicted molar refractivity (Wildman–Crippen MR) is 50.0 cm³/mol. The van der Waals surface area contributed by atoms with Crippen molar-refractivity contribution in [3.05, 3.63) is 0 Å². The van der Waals surface area contributed by atoms with Gasteiger partial charge in [0.15, 0.2) is 0 Å². The van der Waals surface area contributed by atoms with Gasteiger partial charge in [0.25, 0.3) is 5.90 Å². The molecule has 1 atom stereocenters. The number of carboxylic acid groups (broad SMARTS) is 1. The van der Waals surface area contributed by atoms with E-state index in [1.54, 1.807) is 0 Å². The van der Waals surface area contributed by atoms with Crippen LogP contribution in [-0.4, -0.2) is 59.2 Å². The van der Waals surface area contributed by atoms with Gasteiger partial charge in [0, 0.05) is 29.6 Å². The van der Waals surface area contributed by atoms with Gasteiger partial charge in [-0.1, -0.05) is 20.8 Å². The molecule has 0 saturated heterocycles. The Labute approximate surface area is 99.7 Å². The first kappa shape index (κ1) is 12.9. The summed E-state index contributed by atoms with van der Waals surface area (Å²) >= 11 is 0. The van der Waals surface area contributed by atoms with Crippen LogP contribution in [0.4, 0.5) is 0 Å². The SMILES string of the molecule is CC(C)(C)[C@H]1COC(C(=O)O)=N1.[Na]. The first-order chi connectivity index (χ1) is 5.41. The third-order valence-electron chi connectivity index (χ3n) is 1.83. The Kier molecular flexibility index (Phi) is 4.42. The van der Waals surface area contributed by atoms with E-state index in [2.05, 4.69) is 4.99 Å². The molecule has 0 amide bonds. The topological polar surface area (TPSA) is 58.9 Å². The van der Waals surface area contributed by atoms with Crippen molar-refractivity contribution in [1.29, 1.82) is 0 Å². The second kappa shape index (κ2) is 4.44. The van der Waals surface area contributed by atoms with E-state index >= 15 is 0 Å². The Morgan fingerprint density at radius 1 is 1.62 bits per heavy atom. The molecule has 4 nitrogen and oxygen atoms in total. The number of carboxylic acids is 1. The molecule has 0 bridgehead atoms. The molecule has 1 N–H and O–H groups in total. The largest absolute Gasteiger partial charge is 0.474 e. The van der Waals surface area contributed by atoms with E-state index in [-0.39, 0.29) is 46.9 Å². The number of aliphatic carboxylic acids is 1. The standard InChI is InChI=1S/C8H13NO3.Na/c1-8(2,3)5-4-12-6(9-5)7(10)11;/h5H,4H2,1-3H3,(H,10,11);/t5-;/m1./s1. The Morgan fingerprint density at radius 3 is 2.38 bits per heavy atom. The number of nitrogens with zero attached hydrogens (tertiary/aromatic N) is 1. The van der Waals surface area contributed by atoms with Crippen LogP contribution in [-0.2, 0) is 9.53 Å². The van der Waals surface area contributed by atoms with Crippen molar-refractivity contribution >= 4 is 41.4 Å². The fourth-order valence-electron chi connectivity index (χ4n) is 0.935. The predicted octanol–water partition coefficient (Wildman–Crippen LogP) is 0.534. The van der Waals surface area contributed by atoms with E-state index in [1.807, 2.05) is 20.8 Å². The van der Waals surface area contributed by atoms with Gasteiger partial charge >= 0.3 is 5.97 Å². The van der Waals surface area contributed by atoms with Crippen molar-refractivity contribution in [2.75, 3.05) is 6.61 Å². The van der Waals surface area contributed by atoms with Crippen molar-refractivity contribution in [3.8, 4) is 0 Å². The second-order valence-corrected chi connectivity index (χ2v) is 3.93. The van der Waals surface area contributed by atoms with Gasteiger partial charge in [0.05, 0.1) is 6.04 Å². The van der Waals surface area contributed by atoms with Gasteiger partial charge in [-0.05, 0) is 5.41 Å². The zero-order valence-corrected chi connectivity index (χ0v) is 10.5. The van der Waals surface area contributed by atoms with E-state index in [4.69, 9.17) is 9.84 Å². The van der Waals surface area contributed by atoms with E-state index < -0.39 is 5.97 Å². The number of aliphatic imine (C=N–C) groups is 1. The van der Waals surface area contributed by atoms with E-state index in [0.29, 0.717) is 6.61 Å². The monoisotopic (exact) mass is 194 g/mol. The summed E-state index contributed by atoms with van der Waals surface area (Å²) in [7, 11) is 0. The molecule has 0 saturated carbocycles. The van der Waals surface area contributed by atoms with E-state index in [1.165, 1.54) is 0 Å². The molecule has 0 fully saturated rings. The normalized spacial score (nSPS) is 21.5. The summed E-state index contributed by atoms with van der Waals surface area (Å²) in [4.78, 5) is 14.4. The Morgan fingerprint density at radius 2 is 2.15 bits per heavy atom. The fraction of sp³-hybridized carbons (Fsp3) is 0.750. The molecule has 0 aromatic heterocycles. The summed E-state index contributed by atoms with van der Waals surface area (Å²) in [5, 5.41) is 8.54. The third-order valence-corrected chi connectivity index (χ3v) is 1.83. The van der Waals surface area contributed by atoms with Gasteiger partial charge in [-0.25, -0.2) is 9.79 Å². The average molecular weight is 194 g/mol. The fourth-order valence-corrected chi connectivity index (χ4v) is 0.935. The van der Waals surface area contributed by atoms with Crippen LogP contribution in [0.3, 0.4) is 0 Å². The average Bonchev–Trinajstić information content (AvgIpc) is 2.30. The summed E-state index contributed by atoms with van der Waals surface area (Å²) in [6.07, 6.45) is 0. The van der Waals surface area contributed by atoms with Gasteiger partial charge in [-0.2, -0.15) is 0 Å². The van der Waals surface area contributed by atoms with Crippen molar-refractivity contribution < 1.29 is 14.6 Å². The van der Waals surface area contributed by atoms with E-state index in [0.717, 1.165) is 0 Å². The molecule has 1 heterocycles. The molecule has 1 aliphatic rings. The maximum Gasteiger partial charge on any atom is 0.391 e.